The number of aryl methyl sites for hydroxylation is 2. The molecule has 0 fully saturated rings. The van der Waals surface area contributed by atoms with Crippen LogP contribution in [-0.2, 0) is 25.4 Å². The molecule has 176 valence electrons. The minimum absolute atomic E-state index is 0.293. The number of rotatable bonds is 5. The summed E-state index contributed by atoms with van der Waals surface area (Å²) in [5.74, 6) is 0.809. The van der Waals surface area contributed by atoms with Gasteiger partial charge in [-0.2, -0.15) is 0 Å². The van der Waals surface area contributed by atoms with Crippen molar-refractivity contribution in [2.24, 2.45) is 14.1 Å². The molecule has 1 aliphatic heterocycles. The second kappa shape index (κ2) is 8.65. The van der Waals surface area contributed by atoms with Crippen molar-refractivity contribution in [3.8, 4) is 17.0 Å². The highest BCUT2D eigenvalue weighted by Crippen LogP contribution is 2.40. The van der Waals surface area contributed by atoms with E-state index in [1.165, 1.54) is 11.6 Å². The SMILES string of the molecule is CCCOc1ccc([C@@H]2OCCn3c(-c4cccc(C)c4)c4c(=O)n(C)c(=O)n(C)c4c32)cc1. The van der Waals surface area contributed by atoms with Crippen LogP contribution in [0.15, 0.2) is 58.1 Å². The van der Waals surface area contributed by atoms with E-state index < -0.39 is 6.10 Å². The molecule has 7 nitrogen and oxygen atoms in total. The molecule has 0 bridgehead atoms. The van der Waals surface area contributed by atoms with Gasteiger partial charge in [0.1, 0.15) is 11.9 Å². The van der Waals surface area contributed by atoms with Gasteiger partial charge >= 0.3 is 5.69 Å². The molecule has 2 aromatic carbocycles. The Labute approximate surface area is 197 Å². The topological polar surface area (TPSA) is 67.4 Å². The fraction of sp³-hybridized carbons (Fsp3) is 0.333. The minimum Gasteiger partial charge on any atom is -0.494 e. The average Bonchev–Trinajstić information content (AvgIpc) is 3.21. The molecule has 1 atom stereocenters. The second-order valence-corrected chi connectivity index (χ2v) is 8.85. The summed E-state index contributed by atoms with van der Waals surface area (Å²) >= 11 is 0. The number of aromatic nitrogens is 3. The number of benzene rings is 2. The maximum atomic E-state index is 13.5. The van der Waals surface area contributed by atoms with Gasteiger partial charge in [0, 0.05) is 20.6 Å². The van der Waals surface area contributed by atoms with Gasteiger partial charge in [-0.1, -0.05) is 42.8 Å². The van der Waals surface area contributed by atoms with Crippen molar-refractivity contribution < 1.29 is 9.47 Å². The zero-order valence-electron chi connectivity index (χ0n) is 20.0. The molecule has 0 aliphatic carbocycles. The summed E-state index contributed by atoms with van der Waals surface area (Å²) in [6, 6.07) is 16.0. The number of hydrogen-bond donors (Lipinski definition) is 0. The first-order valence-corrected chi connectivity index (χ1v) is 11.7. The van der Waals surface area contributed by atoms with Crippen LogP contribution in [0.2, 0.25) is 0 Å². The Kier molecular flexibility index (Phi) is 5.65. The Balaban J connectivity index is 1.80. The summed E-state index contributed by atoms with van der Waals surface area (Å²) in [5.41, 5.74) is 4.66. The normalized spacial score (nSPS) is 15.5. The van der Waals surface area contributed by atoms with Gasteiger partial charge in [-0.25, -0.2) is 4.79 Å². The van der Waals surface area contributed by atoms with Crippen LogP contribution in [0.5, 0.6) is 5.75 Å². The first-order valence-electron chi connectivity index (χ1n) is 11.7. The number of ether oxygens (including phenoxy) is 2. The monoisotopic (exact) mass is 459 g/mol. The molecule has 0 N–H and O–H groups in total. The molecule has 0 radical (unpaired) electrons. The highest BCUT2D eigenvalue weighted by molar-refractivity contribution is 5.96. The first kappa shape index (κ1) is 22.2. The van der Waals surface area contributed by atoms with E-state index in [9.17, 15) is 9.59 Å². The Bertz CT molecular complexity index is 1490. The predicted molar refractivity (Wildman–Crippen MR) is 133 cm³/mol. The molecule has 3 heterocycles. The quantitative estimate of drug-likeness (QED) is 0.454. The molecule has 5 rings (SSSR count). The van der Waals surface area contributed by atoms with Crippen LogP contribution in [-0.4, -0.2) is 26.9 Å². The zero-order valence-corrected chi connectivity index (χ0v) is 20.0. The first-order chi connectivity index (χ1) is 16.4. The summed E-state index contributed by atoms with van der Waals surface area (Å²) < 4.78 is 16.9. The van der Waals surface area contributed by atoms with E-state index >= 15 is 0 Å². The fourth-order valence-corrected chi connectivity index (χ4v) is 4.88. The predicted octanol–water partition coefficient (Wildman–Crippen LogP) is 3.92. The molecule has 0 saturated carbocycles. The van der Waals surface area contributed by atoms with Crippen molar-refractivity contribution in [3.05, 3.63) is 86.2 Å². The molecule has 0 unspecified atom stereocenters. The Morgan fingerprint density at radius 2 is 1.82 bits per heavy atom. The van der Waals surface area contributed by atoms with Crippen molar-refractivity contribution in [2.45, 2.75) is 32.9 Å². The van der Waals surface area contributed by atoms with E-state index in [1.54, 1.807) is 11.6 Å². The molecule has 0 spiro atoms. The Morgan fingerprint density at radius 3 is 2.53 bits per heavy atom. The molecular formula is C27H29N3O4. The van der Waals surface area contributed by atoms with Gasteiger partial charge < -0.3 is 14.0 Å². The van der Waals surface area contributed by atoms with E-state index in [2.05, 4.69) is 17.6 Å². The second-order valence-electron chi connectivity index (χ2n) is 8.85. The summed E-state index contributed by atoms with van der Waals surface area (Å²) in [4.78, 5) is 26.4. The standard InChI is InChI=1S/C27H29N3O4/c1-5-14-33-20-11-9-18(10-12-20)25-24-23-21(26(31)29(4)27(32)28(23)3)22(30(24)13-15-34-25)19-8-6-7-17(2)16-19/h6-12,16,25H,5,13-15H2,1-4H3/t25-/m0/s1. The van der Waals surface area contributed by atoms with Crippen molar-refractivity contribution >= 4 is 10.9 Å². The number of hydrogen-bond acceptors (Lipinski definition) is 4. The van der Waals surface area contributed by atoms with Gasteiger partial charge in [-0.15, -0.1) is 0 Å². The Hall–Kier alpha value is -3.58. The lowest BCUT2D eigenvalue weighted by molar-refractivity contribution is 0.0478. The molecule has 2 aromatic heterocycles. The highest BCUT2D eigenvalue weighted by Gasteiger charge is 2.33. The van der Waals surface area contributed by atoms with Crippen LogP contribution in [0.1, 0.15) is 36.3 Å². The smallest absolute Gasteiger partial charge is 0.331 e. The summed E-state index contributed by atoms with van der Waals surface area (Å²) in [5, 5.41) is 0.545. The van der Waals surface area contributed by atoms with Gasteiger partial charge in [0.15, 0.2) is 0 Å². The third-order valence-corrected chi connectivity index (χ3v) is 6.50. The van der Waals surface area contributed by atoms with E-state index in [1.807, 2.05) is 49.4 Å². The zero-order chi connectivity index (χ0) is 24.0. The molecular weight excluding hydrogens is 430 g/mol. The summed E-state index contributed by atoms with van der Waals surface area (Å²) in [7, 11) is 3.25. The molecule has 7 heteroatoms. The van der Waals surface area contributed by atoms with Crippen molar-refractivity contribution in [3.63, 3.8) is 0 Å². The highest BCUT2D eigenvalue weighted by atomic mass is 16.5. The lowest BCUT2D eigenvalue weighted by Crippen LogP contribution is -2.37. The largest absolute Gasteiger partial charge is 0.494 e. The van der Waals surface area contributed by atoms with E-state index in [0.717, 1.165) is 40.2 Å². The molecule has 34 heavy (non-hydrogen) atoms. The van der Waals surface area contributed by atoms with Crippen LogP contribution in [0, 0.1) is 6.92 Å². The molecule has 0 amide bonds. The van der Waals surface area contributed by atoms with Gasteiger partial charge in [0.05, 0.1) is 35.5 Å². The van der Waals surface area contributed by atoms with Gasteiger partial charge in [-0.3, -0.25) is 13.9 Å². The van der Waals surface area contributed by atoms with Crippen LogP contribution in [0.25, 0.3) is 22.2 Å². The lowest BCUT2D eigenvalue weighted by atomic mass is 10.0. The van der Waals surface area contributed by atoms with E-state index in [4.69, 9.17) is 9.47 Å². The van der Waals surface area contributed by atoms with Gasteiger partial charge in [0.25, 0.3) is 5.56 Å². The summed E-state index contributed by atoms with van der Waals surface area (Å²) in [6.07, 6.45) is 0.533. The molecule has 1 aliphatic rings. The number of nitrogens with zero attached hydrogens (tertiary/aromatic N) is 3. The third kappa shape index (κ3) is 3.47. The van der Waals surface area contributed by atoms with Gasteiger partial charge in [-0.05, 0) is 42.7 Å². The van der Waals surface area contributed by atoms with Crippen LogP contribution >= 0.6 is 0 Å². The van der Waals surface area contributed by atoms with Crippen molar-refractivity contribution in [1.29, 1.82) is 0 Å². The van der Waals surface area contributed by atoms with Gasteiger partial charge in [0.2, 0.25) is 0 Å². The van der Waals surface area contributed by atoms with Crippen molar-refractivity contribution in [1.82, 2.24) is 13.7 Å². The Morgan fingerprint density at radius 1 is 1.06 bits per heavy atom. The van der Waals surface area contributed by atoms with Crippen LogP contribution in [0.3, 0.4) is 0 Å². The number of fused-ring (bicyclic) bond motifs is 3. The van der Waals surface area contributed by atoms with Crippen molar-refractivity contribution in [2.75, 3.05) is 13.2 Å². The maximum Gasteiger partial charge on any atom is 0.331 e. The molecule has 0 saturated heterocycles. The van der Waals surface area contributed by atoms with E-state index in [-0.39, 0.29) is 11.2 Å². The fourth-order valence-electron chi connectivity index (χ4n) is 4.88. The summed E-state index contributed by atoms with van der Waals surface area (Å²) in [6.45, 7) is 5.87. The molecule has 4 aromatic rings. The lowest BCUT2D eigenvalue weighted by Gasteiger charge is -2.28. The van der Waals surface area contributed by atoms with E-state index in [0.29, 0.717) is 30.7 Å². The minimum atomic E-state index is -0.409. The van der Waals surface area contributed by atoms with Crippen LogP contribution in [0.4, 0.5) is 0 Å². The maximum absolute atomic E-state index is 13.5. The third-order valence-electron chi connectivity index (χ3n) is 6.50. The van der Waals surface area contributed by atoms with Crippen LogP contribution < -0.4 is 16.0 Å². The average molecular weight is 460 g/mol.